The molecule has 0 radical (unpaired) electrons. The minimum absolute atomic E-state index is 0.252. The lowest BCUT2D eigenvalue weighted by Gasteiger charge is -2.29. The molecule has 4 heteroatoms. The number of anilines is 2. The molecule has 0 N–H and O–H groups in total. The summed E-state index contributed by atoms with van der Waals surface area (Å²) in [6.07, 6.45) is 9.08. The van der Waals surface area contributed by atoms with Crippen LogP contribution in [0.3, 0.4) is 0 Å². The highest BCUT2D eigenvalue weighted by Gasteiger charge is 2.37. The van der Waals surface area contributed by atoms with Crippen LogP contribution >= 0.6 is 0 Å². The molecule has 12 aromatic rings. The Labute approximate surface area is 370 Å². The smallest absolute Gasteiger partial charge is 0.0629 e. The molecule has 0 amide bonds. The molecule has 64 heavy (non-hydrogen) atoms. The van der Waals surface area contributed by atoms with Crippen LogP contribution in [-0.2, 0) is 0 Å². The van der Waals surface area contributed by atoms with Gasteiger partial charge in [0.1, 0.15) is 0 Å². The fourth-order valence-electron chi connectivity index (χ4n) is 11.2. The van der Waals surface area contributed by atoms with Crippen molar-refractivity contribution in [2.24, 2.45) is 0 Å². The Morgan fingerprint density at radius 1 is 0.297 bits per heavy atom. The fourth-order valence-corrected chi connectivity index (χ4v) is 11.2. The van der Waals surface area contributed by atoms with Gasteiger partial charge in [0.2, 0.25) is 0 Å². The number of rotatable bonds is 5. The second-order valence-corrected chi connectivity index (χ2v) is 17.3. The number of fused-ring (bicyclic) bond motifs is 12. The Bertz CT molecular complexity index is 3860. The van der Waals surface area contributed by atoms with Crippen LogP contribution in [0, 0.1) is 0 Å². The Morgan fingerprint density at radius 3 is 1.22 bits per heavy atom. The lowest BCUT2D eigenvalue weighted by atomic mass is 9.91. The number of hydrogen-bond donors (Lipinski definition) is 0. The molecule has 300 valence electrons. The van der Waals surface area contributed by atoms with Gasteiger partial charge in [-0.05, 0) is 95.6 Å². The van der Waals surface area contributed by atoms with Gasteiger partial charge in [-0.3, -0.25) is 0 Å². The average molecular weight is 817 g/mol. The molecule has 0 bridgehead atoms. The molecule has 2 aliphatic rings. The van der Waals surface area contributed by atoms with Crippen molar-refractivity contribution in [3.63, 3.8) is 0 Å². The number of para-hydroxylation sites is 5. The molecule has 1 aliphatic heterocycles. The monoisotopic (exact) mass is 816 g/mol. The average Bonchev–Trinajstić information content (AvgIpc) is 4.09. The van der Waals surface area contributed by atoms with Crippen LogP contribution in [0.15, 0.2) is 231 Å². The van der Waals surface area contributed by atoms with Crippen molar-refractivity contribution in [2.75, 3.05) is 4.90 Å². The molecule has 0 fully saturated rings. The molecule has 14 rings (SSSR count). The lowest BCUT2D eigenvalue weighted by Crippen LogP contribution is -2.28. The van der Waals surface area contributed by atoms with Crippen molar-refractivity contribution in [3.8, 4) is 28.2 Å². The van der Waals surface area contributed by atoms with Crippen molar-refractivity contribution in [1.82, 2.24) is 13.7 Å². The largest absolute Gasteiger partial charge is 0.333 e. The Balaban J connectivity index is 0.846. The van der Waals surface area contributed by atoms with Crippen LogP contribution in [0.4, 0.5) is 11.4 Å². The molecule has 4 heterocycles. The summed E-state index contributed by atoms with van der Waals surface area (Å²) in [5.41, 5.74) is 16.9. The third-order valence-electron chi connectivity index (χ3n) is 14.0. The fraction of sp³-hybridized carbons (Fsp3) is 0.0333. The number of benzene rings is 9. The molecule has 0 saturated carbocycles. The first-order valence-corrected chi connectivity index (χ1v) is 22.3. The second-order valence-electron chi connectivity index (χ2n) is 17.3. The summed E-state index contributed by atoms with van der Waals surface area (Å²) in [4.78, 5) is 2.53. The second kappa shape index (κ2) is 13.6. The minimum atomic E-state index is 0.252. The molecular formula is C60H40N4. The third-order valence-corrected chi connectivity index (χ3v) is 14.0. The van der Waals surface area contributed by atoms with E-state index in [2.05, 4.69) is 249 Å². The maximum Gasteiger partial charge on any atom is 0.0629 e. The zero-order valence-corrected chi connectivity index (χ0v) is 34.9. The van der Waals surface area contributed by atoms with E-state index >= 15 is 0 Å². The van der Waals surface area contributed by atoms with E-state index in [0.717, 1.165) is 17.1 Å². The molecule has 4 nitrogen and oxygen atoms in total. The molecule has 9 aromatic carbocycles. The van der Waals surface area contributed by atoms with E-state index in [1.54, 1.807) is 0 Å². The van der Waals surface area contributed by atoms with E-state index in [1.165, 1.54) is 93.5 Å². The summed E-state index contributed by atoms with van der Waals surface area (Å²) in [6.45, 7) is 0. The molecule has 3 aromatic heterocycles. The van der Waals surface area contributed by atoms with E-state index < -0.39 is 0 Å². The van der Waals surface area contributed by atoms with Crippen molar-refractivity contribution in [2.45, 2.75) is 12.0 Å². The predicted molar refractivity (Wildman–Crippen MR) is 268 cm³/mol. The van der Waals surface area contributed by atoms with Crippen molar-refractivity contribution >= 4 is 76.8 Å². The number of nitrogens with zero attached hydrogens (tertiary/aromatic N) is 4. The minimum Gasteiger partial charge on any atom is -0.333 e. The first kappa shape index (κ1) is 35.3. The van der Waals surface area contributed by atoms with E-state index in [9.17, 15) is 0 Å². The van der Waals surface area contributed by atoms with Gasteiger partial charge in [-0.1, -0.05) is 152 Å². The van der Waals surface area contributed by atoms with E-state index in [1.807, 2.05) is 0 Å². The topological polar surface area (TPSA) is 18.0 Å². The molecule has 0 spiro atoms. The van der Waals surface area contributed by atoms with Crippen LogP contribution in [0.25, 0.3) is 93.6 Å². The Hall–Kier alpha value is -8.34. The van der Waals surface area contributed by atoms with E-state index in [0.29, 0.717) is 5.92 Å². The van der Waals surface area contributed by atoms with Crippen molar-refractivity contribution in [3.05, 3.63) is 236 Å². The van der Waals surface area contributed by atoms with Gasteiger partial charge in [0, 0.05) is 66.7 Å². The summed E-state index contributed by atoms with van der Waals surface area (Å²) in [6, 6.07) is 76.3. The SMILES string of the molecule is C1=CC2c3ccccc3N(c3ccc4c5ccccc5n(-c5ccc(-c6ccc(-n7c8ccccc8c8ccc(-n9c%10ccccc%10c%10ccccc%109)cc87)cc6)cc5)c4c3)C2C=C1. The summed E-state index contributed by atoms with van der Waals surface area (Å²) in [5, 5.41) is 7.55. The third kappa shape index (κ3) is 5.05. The van der Waals surface area contributed by atoms with E-state index in [4.69, 9.17) is 0 Å². The summed E-state index contributed by atoms with van der Waals surface area (Å²) < 4.78 is 7.27. The quantitative estimate of drug-likeness (QED) is 0.169. The summed E-state index contributed by atoms with van der Waals surface area (Å²) in [5.74, 6) is 0.344. The maximum atomic E-state index is 2.53. The molecule has 2 atom stereocenters. The predicted octanol–water partition coefficient (Wildman–Crippen LogP) is 15.4. The van der Waals surface area contributed by atoms with Gasteiger partial charge in [0.15, 0.2) is 0 Å². The normalized spacial score (nSPS) is 15.7. The van der Waals surface area contributed by atoms with Crippen molar-refractivity contribution < 1.29 is 0 Å². The van der Waals surface area contributed by atoms with Gasteiger partial charge >= 0.3 is 0 Å². The van der Waals surface area contributed by atoms with Crippen LogP contribution in [0.2, 0.25) is 0 Å². The number of aromatic nitrogens is 3. The maximum absolute atomic E-state index is 2.53. The standard InChI is InChI=1S/C60H40N4/c1-9-21-55-45(13-1)46-14-2-10-22-56(46)63(55)43-33-35-51-49-17-5-7-19-53(49)61(59(51)37-43)41-29-25-39(26-30-41)40-27-31-42(32-28-40)62-54-20-8-6-18-50(54)52-36-34-44(38-60(52)62)64-57-23-11-3-15-47(57)48-16-4-12-24-58(48)64/h1-38,45,55H. The first-order valence-electron chi connectivity index (χ1n) is 22.3. The number of hydrogen-bond acceptors (Lipinski definition) is 1. The van der Waals surface area contributed by atoms with Crippen molar-refractivity contribution in [1.29, 1.82) is 0 Å². The van der Waals surface area contributed by atoms with Gasteiger partial charge < -0.3 is 18.6 Å². The van der Waals surface area contributed by atoms with Crippen LogP contribution in [0.5, 0.6) is 0 Å². The highest BCUT2D eigenvalue weighted by molar-refractivity contribution is 6.13. The van der Waals surface area contributed by atoms with Gasteiger partial charge in [-0.15, -0.1) is 0 Å². The number of allylic oxidation sites excluding steroid dienone is 2. The molecule has 0 saturated heterocycles. The van der Waals surface area contributed by atoms with Crippen LogP contribution < -0.4 is 4.90 Å². The zero-order valence-electron chi connectivity index (χ0n) is 34.9. The zero-order chi connectivity index (χ0) is 41.9. The summed E-state index contributed by atoms with van der Waals surface area (Å²) in [7, 11) is 0. The Kier molecular flexibility index (Phi) is 7.48. The molecule has 2 unspecified atom stereocenters. The first-order chi connectivity index (χ1) is 31.8. The van der Waals surface area contributed by atoms with E-state index in [-0.39, 0.29) is 6.04 Å². The summed E-state index contributed by atoms with van der Waals surface area (Å²) >= 11 is 0. The highest BCUT2D eigenvalue weighted by atomic mass is 15.2. The van der Waals surface area contributed by atoms with Gasteiger partial charge in [0.25, 0.3) is 0 Å². The molecule has 1 aliphatic carbocycles. The van der Waals surface area contributed by atoms with Crippen LogP contribution in [-0.4, -0.2) is 19.7 Å². The van der Waals surface area contributed by atoms with Crippen LogP contribution in [0.1, 0.15) is 11.5 Å². The highest BCUT2D eigenvalue weighted by Crippen LogP contribution is 2.48. The van der Waals surface area contributed by atoms with Gasteiger partial charge in [-0.25, -0.2) is 0 Å². The van der Waals surface area contributed by atoms with Gasteiger partial charge in [-0.2, -0.15) is 0 Å². The molecular weight excluding hydrogens is 777 g/mol. The Morgan fingerprint density at radius 2 is 0.688 bits per heavy atom. The van der Waals surface area contributed by atoms with Gasteiger partial charge in [0.05, 0.1) is 39.1 Å². The lowest BCUT2D eigenvalue weighted by molar-refractivity contribution is 0.745.